The fraction of sp³-hybridized carbons (Fsp3) is 0.569. The molecule has 2 aromatic heterocycles. The highest BCUT2D eigenvalue weighted by Crippen LogP contribution is 2.45. The van der Waals surface area contributed by atoms with E-state index in [0.29, 0.717) is 76.0 Å². The van der Waals surface area contributed by atoms with E-state index < -0.39 is 36.9 Å². The first kappa shape index (κ1) is 49.0. The minimum Gasteiger partial charge on any atom is -0.468 e. The van der Waals surface area contributed by atoms with Crippen LogP contribution in [0.15, 0.2) is 43.1 Å². The van der Waals surface area contributed by atoms with Gasteiger partial charge in [0, 0.05) is 76.0 Å². The Morgan fingerprint density at radius 1 is 1.05 bits per heavy atom. The van der Waals surface area contributed by atoms with Gasteiger partial charge in [0.2, 0.25) is 0 Å². The van der Waals surface area contributed by atoms with Crippen molar-refractivity contribution < 1.29 is 32.5 Å². The summed E-state index contributed by atoms with van der Waals surface area (Å²) in [7, 11) is -0.801. The number of methoxy groups -OCH3 is 1. The SMILES string of the molecule is C=CC12CCC(CN(c3nc(OC[C@H](C)CN4CCNCC4)nc4c(F)c(-c5cc(OCOC)cc6ccc(F)c(C#C[Si](C(C)C)(C(C)C)C(C)C)c56)ncc34)C1)N2C(=O)OC(C)(C)C. The Bertz CT molecular complexity index is 2480. The van der Waals surface area contributed by atoms with Crippen molar-refractivity contribution in [1.82, 2.24) is 30.1 Å². The second-order valence-electron chi connectivity index (χ2n) is 20.4. The van der Waals surface area contributed by atoms with Crippen molar-refractivity contribution in [1.29, 1.82) is 0 Å². The van der Waals surface area contributed by atoms with Crippen molar-refractivity contribution in [2.75, 3.05) is 71.2 Å². The topological polar surface area (TPSA) is 114 Å². The van der Waals surface area contributed by atoms with Crippen LogP contribution >= 0.6 is 0 Å². The molecular formula is C51H69F2N7O5Si. The van der Waals surface area contributed by atoms with Crippen molar-refractivity contribution >= 4 is 41.7 Å². The normalized spacial score (nSPS) is 19.7. The van der Waals surface area contributed by atoms with Gasteiger partial charge in [-0.25, -0.2) is 13.6 Å². The number of aromatic nitrogens is 3. The lowest BCUT2D eigenvalue weighted by Gasteiger charge is -2.48. The molecule has 0 radical (unpaired) electrons. The molecule has 2 aromatic carbocycles. The smallest absolute Gasteiger partial charge is 0.411 e. The van der Waals surface area contributed by atoms with Crippen LogP contribution in [0.3, 0.4) is 0 Å². The van der Waals surface area contributed by atoms with Gasteiger partial charge in [0.05, 0.1) is 29.1 Å². The van der Waals surface area contributed by atoms with E-state index >= 15 is 8.78 Å². The number of amides is 1. The molecule has 0 aliphatic carbocycles. The van der Waals surface area contributed by atoms with Crippen molar-refractivity contribution in [3.05, 3.63) is 60.3 Å². The third-order valence-electron chi connectivity index (χ3n) is 13.7. The first-order chi connectivity index (χ1) is 31.3. The third-order valence-corrected chi connectivity index (χ3v) is 20.0. The fourth-order valence-corrected chi connectivity index (χ4v) is 15.9. The van der Waals surface area contributed by atoms with Crippen LogP contribution in [-0.2, 0) is 9.47 Å². The molecule has 4 aromatic rings. The molecule has 1 amide bonds. The number of hydrogen-bond donors (Lipinski definition) is 1. The summed E-state index contributed by atoms with van der Waals surface area (Å²) in [5.41, 5.74) is 3.59. The maximum absolute atomic E-state index is 17.9. The molecule has 5 heterocycles. The number of fused-ring (bicyclic) bond motifs is 4. The van der Waals surface area contributed by atoms with Gasteiger partial charge in [0.25, 0.3) is 0 Å². The molecule has 3 saturated heterocycles. The summed E-state index contributed by atoms with van der Waals surface area (Å²) in [5, 5.41) is 4.80. The summed E-state index contributed by atoms with van der Waals surface area (Å²) in [6.45, 7) is 30.7. The molecule has 3 aliphatic heterocycles. The number of ether oxygens (including phenoxy) is 4. The number of carbonyl (C=O) groups is 1. The molecule has 7 rings (SSSR count). The van der Waals surface area contributed by atoms with E-state index in [1.165, 1.54) is 13.2 Å². The van der Waals surface area contributed by atoms with E-state index in [9.17, 15) is 4.79 Å². The number of nitrogens with one attached hydrogen (secondary N) is 1. The maximum atomic E-state index is 17.9. The van der Waals surface area contributed by atoms with E-state index in [1.807, 2.05) is 31.7 Å². The molecule has 2 bridgehead atoms. The van der Waals surface area contributed by atoms with Crippen LogP contribution < -0.4 is 19.7 Å². The Morgan fingerprint density at radius 3 is 2.41 bits per heavy atom. The number of rotatable bonds is 14. The van der Waals surface area contributed by atoms with E-state index in [4.69, 9.17) is 33.9 Å². The predicted octanol–water partition coefficient (Wildman–Crippen LogP) is 9.74. The molecule has 3 fully saturated rings. The van der Waals surface area contributed by atoms with Gasteiger partial charge in [-0.3, -0.25) is 9.88 Å². The number of pyridine rings is 1. The number of nitrogens with zero attached hydrogens (tertiary/aromatic N) is 6. The minimum absolute atomic E-state index is 0.00409. The number of hydrogen-bond acceptors (Lipinski definition) is 11. The Labute approximate surface area is 390 Å². The highest BCUT2D eigenvalue weighted by Gasteiger charge is 2.54. The van der Waals surface area contributed by atoms with Crippen molar-refractivity contribution in [3.8, 4) is 34.5 Å². The van der Waals surface area contributed by atoms with Crippen LogP contribution in [0.25, 0.3) is 32.9 Å². The van der Waals surface area contributed by atoms with Gasteiger partial charge in [-0.2, -0.15) is 9.97 Å². The van der Waals surface area contributed by atoms with Gasteiger partial charge in [0.15, 0.2) is 12.6 Å². The molecule has 3 aliphatic rings. The van der Waals surface area contributed by atoms with E-state index in [1.54, 1.807) is 24.4 Å². The number of carbonyl (C=O) groups excluding carboxylic acids is 1. The summed E-state index contributed by atoms with van der Waals surface area (Å²) >= 11 is 0. The molecule has 0 spiro atoms. The van der Waals surface area contributed by atoms with Crippen LogP contribution in [-0.4, -0.2) is 122 Å². The second kappa shape index (κ2) is 19.8. The van der Waals surface area contributed by atoms with Crippen LogP contribution in [0, 0.1) is 29.0 Å². The second-order valence-corrected chi connectivity index (χ2v) is 26.0. The lowest BCUT2D eigenvalue weighted by molar-refractivity contribution is 0.00221. The molecule has 15 heteroatoms. The standard InChI is InChI=1S/C51H69F2N7O5Si/c1-13-51-18-16-37(60(51)49(61)65-50(9,10)11)28-59(30-51)47-41-26-55-45(44(53)46(41)56-48(57-47)63-29-35(8)27-58-21-19-54-20-22-58)40-25-38(64-31-62-12)24-36-14-15-42(52)39(43(36)40)17-23-66(32(2)3,33(4)5)34(6)7/h13-15,24-26,32-35,37,54H,1,16,18-22,27-31H2,2-12H3/t35-,37?,51?/m1/s1. The average Bonchev–Trinajstić information content (AvgIpc) is 3.51. The van der Waals surface area contributed by atoms with Crippen molar-refractivity contribution in [2.45, 2.75) is 116 Å². The van der Waals surface area contributed by atoms with Gasteiger partial charge >= 0.3 is 12.1 Å². The van der Waals surface area contributed by atoms with Crippen LogP contribution in [0.1, 0.15) is 87.6 Å². The van der Waals surface area contributed by atoms with Gasteiger partial charge in [0.1, 0.15) is 42.3 Å². The number of anilines is 1. The highest BCUT2D eigenvalue weighted by atomic mass is 28.3. The average molecular weight is 926 g/mol. The summed E-state index contributed by atoms with van der Waals surface area (Å²) in [5.74, 6) is 3.06. The molecule has 66 heavy (non-hydrogen) atoms. The summed E-state index contributed by atoms with van der Waals surface area (Å²) in [6, 6.07) is 6.31. The molecule has 356 valence electrons. The zero-order valence-corrected chi connectivity index (χ0v) is 41.8. The van der Waals surface area contributed by atoms with E-state index in [-0.39, 0.29) is 41.5 Å². The van der Waals surface area contributed by atoms with Gasteiger partial charge < -0.3 is 34.1 Å². The quantitative estimate of drug-likeness (QED) is 0.0565. The largest absolute Gasteiger partial charge is 0.468 e. The first-order valence-electron chi connectivity index (χ1n) is 23.6. The van der Waals surface area contributed by atoms with E-state index in [2.05, 4.69) is 81.6 Å². The van der Waals surface area contributed by atoms with Gasteiger partial charge in [-0.05, 0) is 73.8 Å². The lowest BCUT2D eigenvalue weighted by Crippen LogP contribution is -2.63. The highest BCUT2D eigenvalue weighted by molar-refractivity contribution is 6.90. The predicted molar refractivity (Wildman–Crippen MR) is 261 cm³/mol. The number of piperazine rings is 2. The van der Waals surface area contributed by atoms with Gasteiger partial charge in [-0.15, -0.1) is 12.1 Å². The third kappa shape index (κ3) is 9.75. The van der Waals surface area contributed by atoms with Crippen LogP contribution in [0.5, 0.6) is 11.8 Å². The van der Waals surface area contributed by atoms with E-state index in [0.717, 1.165) is 39.1 Å². The molecule has 0 saturated carbocycles. The zero-order chi connectivity index (χ0) is 47.7. The minimum atomic E-state index is -2.32. The Balaban J connectivity index is 1.40. The molecule has 1 N–H and O–H groups in total. The summed E-state index contributed by atoms with van der Waals surface area (Å²) < 4.78 is 57.8. The lowest BCUT2D eigenvalue weighted by atomic mass is 9.94. The number of halogens is 2. The molecule has 12 nitrogen and oxygen atoms in total. The van der Waals surface area contributed by atoms with Gasteiger partial charge in [-0.1, -0.05) is 66.5 Å². The van der Waals surface area contributed by atoms with Crippen LogP contribution in [0.2, 0.25) is 16.6 Å². The number of benzene rings is 2. The van der Waals surface area contributed by atoms with Crippen molar-refractivity contribution in [3.63, 3.8) is 0 Å². The Morgan fingerprint density at radius 2 is 1.76 bits per heavy atom. The summed E-state index contributed by atoms with van der Waals surface area (Å²) in [4.78, 5) is 34.6. The monoisotopic (exact) mass is 926 g/mol. The summed E-state index contributed by atoms with van der Waals surface area (Å²) in [6.07, 6.45) is 4.40. The molecule has 2 unspecified atom stereocenters. The maximum Gasteiger partial charge on any atom is 0.411 e. The van der Waals surface area contributed by atoms with Crippen LogP contribution in [0.4, 0.5) is 19.4 Å². The fourth-order valence-electron chi connectivity index (χ4n) is 10.7. The first-order valence-corrected chi connectivity index (χ1v) is 25.8. The molecule has 3 atom stereocenters. The molecular weight excluding hydrogens is 857 g/mol. The van der Waals surface area contributed by atoms with Crippen molar-refractivity contribution in [2.24, 2.45) is 5.92 Å². The Hall–Kier alpha value is -4.88. The Kier molecular flexibility index (Phi) is 14.7. The zero-order valence-electron chi connectivity index (χ0n) is 40.8.